The molecule has 1 heterocycles. The van der Waals surface area contributed by atoms with Crippen molar-refractivity contribution in [1.29, 1.82) is 0 Å². The Balaban J connectivity index is 2.43. The second kappa shape index (κ2) is 4.70. The largest absolute Gasteiger partial charge is 0.416 e. The summed E-state index contributed by atoms with van der Waals surface area (Å²) in [6, 6.07) is 5.30. The minimum absolute atomic E-state index is 0.107. The summed E-state index contributed by atoms with van der Waals surface area (Å²) in [7, 11) is 0. The monoisotopic (exact) mass is 276 g/mol. The molecule has 0 fully saturated rings. The lowest BCUT2D eigenvalue weighted by Crippen LogP contribution is -2.08. The predicted octanol–water partition coefficient (Wildman–Crippen LogP) is 3.99. The molecule has 0 bridgehead atoms. The van der Waals surface area contributed by atoms with Gasteiger partial charge in [-0.05, 0) is 35.2 Å². The van der Waals surface area contributed by atoms with Gasteiger partial charge in [-0.25, -0.2) is 4.39 Å². The summed E-state index contributed by atoms with van der Waals surface area (Å²) in [5.41, 5.74) is -1.21. The van der Waals surface area contributed by atoms with Crippen molar-refractivity contribution in [2.24, 2.45) is 0 Å². The molecule has 1 nitrogen and oxygen atoms in total. The molecule has 0 radical (unpaired) electrons. The van der Waals surface area contributed by atoms with Crippen molar-refractivity contribution in [2.75, 3.05) is 0 Å². The quantitative estimate of drug-likeness (QED) is 0.822. The Hall–Kier alpha value is -1.40. The van der Waals surface area contributed by atoms with Gasteiger partial charge in [-0.3, -0.25) is 0 Å². The van der Waals surface area contributed by atoms with E-state index >= 15 is 0 Å². The second-order valence-corrected chi connectivity index (χ2v) is 4.67. The highest BCUT2D eigenvalue weighted by atomic mass is 32.1. The van der Waals surface area contributed by atoms with E-state index in [4.69, 9.17) is 0 Å². The van der Waals surface area contributed by atoms with Gasteiger partial charge in [0.15, 0.2) is 0 Å². The van der Waals surface area contributed by atoms with Crippen molar-refractivity contribution in [1.82, 2.24) is 0 Å². The molecule has 1 N–H and O–H groups in total. The molecule has 2 rings (SSSR count). The average molecular weight is 276 g/mol. The summed E-state index contributed by atoms with van der Waals surface area (Å²) < 4.78 is 50.7. The molecule has 0 amide bonds. The van der Waals surface area contributed by atoms with Crippen LogP contribution in [0.3, 0.4) is 0 Å². The molecular weight excluding hydrogens is 268 g/mol. The molecule has 1 aromatic carbocycles. The van der Waals surface area contributed by atoms with E-state index in [-0.39, 0.29) is 5.56 Å². The van der Waals surface area contributed by atoms with E-state index in [1.54, 1.807) is 17.5 Å². The predicted molar refractivity (Wildman–Crippen MR) is 59.8 cm³/mol. The first-order chi connectivity index (χ1) is 8.38. The van der Waals surface area contributed by atoms with E-state index < -0.39 is 23.7 Å². The topological polar surface area (TPSA) is 20.2 Å². The Labute approximate surface area is 104 Å². The van der Waals surface area contributed by atoms with Gasteiger partial charge in [-0.2, -0.15) is 13.2 Å². The second-order valence-electron chi connectivity index (χ2n) is 3.69. The van der Waals surface area contributed by atoms with Gasteiger partial charge in [0.05, 0.1) is 5.56 Å². The summed E-state index contributed by atoms with van der Waals surface area (Å²) in [4.78, 5) is 0.466. The lowest BCUT2D eigenvalue weighted by molar-refractivity contribution is -0.137. The number of rotatable bonds is 2. The lowest BCUT2D eigenvalue weighted by atomic mass is 10.0. The highest BCUT2D eigenvalue weighted by molar-refractivity contribution is 7.10. The first kappa shape index (κ1) is 13.0. The van der Waals surface area contributed by atoms with Crippen LogP contribution in [0.15, 0.2) is 35.7 Å². The summed E-state index contributed by atoms with van der Waals surface area (Å²) >= 11 is 1.19. The number of benzene rings is 1. The minimum Gasteiger partial charge on any atom is -0.383 e. The van der Waals surface area contributed by atoms with Gasteiger partial charge in [-0.1, -0.05) is 6.07 Å². The zero-order valence-corrected chi connectivity index (χ0v) is 9.73. The number of alkyl halides is 3. The minimum atomic E-state index is -4.63. The number of aliphatic hydroxyl groups is 1. The Morgan fingerprint density at radius 2 is 1.89 bits per heavy atom. The van der Waals surface area contributed by atoms with Gasteiger partial charge in [0.1, 0.15) is 11.9 Å². The molecule has 96 valence electrons. The van der Waals surface area contributed by atoms with E-state index in [0.29, 0.717) is 10.9 Å². The van der Waals surface area contributed by atoms with Crippen molar-refractivity contribution in [2.45, 2.75) is 12.3 Å². The van der Waals surface area contributed by atoms with Crippen LogP contribution < -0.4 is 0 Å². The molecule has 6 heteroatoms. The Morgan fingerprint density at radius 1 is 1.17 bits per heavy atom. The molecule has 0 saturated carbocycles. The molecule has 0 aliphatic rings. The first-order valence-corrected chi connectivity index (χ1v) is 5.85. The summed E-state index contributed by atoms with van der Waals surface area (Å²) in [5.74, 6) is -1.02. The highest BCUT2D eigenvalue weighted by Crippen LogP contribution is 2.33. The number of hydrogen-bond acceptors (Lipinski definition) is 2. The maximum Gasteiger partial charge on any atom is 0.416 e. The molecule has 1 unspecified atom stereocenters. The highest BCUT2D eigenvalue weighted by Gasteiger charge is 2.32. The van der Waals surface area contributed by atoms with Crippen LogP contribution in [-0.4, -0.2) is 5.11 Å². The third-order valence-electron chi connectivity index (χ3n) is 2.38. The van der Waals surface area contributed by atoms with Crippen molar-refractivity contribution in [3.63, 3.8) is 0 Å². The molecule has 18 heavy (non-hydrogen) atoms. The van der Waals surface area contributed by atoms with Crippen LogP contribution in [0, 0.1) is 5.82 Å². The zero-order valence-electron chi connectivity index (χ0n) is 8.91. The number of aliphatic hydroxyl groups excluding tert-OH is 1. The smallest absolute Gasteiger partial charge is 0.383 e. The average Bonchev–Trinajstić information content (AvgIpc) is 2.79. The SMILES string of the molecule is OC(c1cc(F)cc(C(F)(F)F)c1)c1cccs1. The summed E-state index contributed by atoms with van der Waals surface area (Å²) in [6.07, 6.45) is -5.88. The van der Waals surface area contributed by atoms with Crippen LogP contribution in [0.1, 0.15) is 22.1 Å². The van der Waals surface area contributed by atoms with Gasteiger partial charge in [0.25, 0.3) is 0 Å². The summed E-state index contributed by atoms with van der Waals surface area (Å²) in [6.45, 7) is 0. The third-order valence-corrected chi connectivity index (χ3v) is 3.30. The van der Waals surface area contributed by atoms with Crippen LogP contribution in [0.2, 0.25) is 0 Å². The van der Waals surface area contributed by atoms with Crippen molar-refractivity contribution < 1.29 is 22.7 Å². The lowest BCUT2D eigenvalue weighted by Gasteiger charge is -2.13. The van der Waals surface area contributed by atoms with E-state index in [1.807, 2.05) is 0 Å². The maximum atomic E-state index is 13.2. The molecule has 0 aliphatic heterocycles. The fourth-order valence-corrected chi connectivity index (χ4v) is 2.28. The van der Waals surface area contributed by atoms with Crippen LogP contribution in [0.4, 0.5) is 17.6 Å². The van der Waals surface area contributed by atoms with E-state index in [9.17, 15) is 22.7 Å². The van der Waals surface area contributed by atoms with Crippen LogP contribution in [-0.2, 0) is 6.18 Å². The van der Waals surface area contributed by atoms with Crippen molar-refractivity contribution >= 4 is 11.3 Å². The van der Waals surface area contributed by atoms with Gasteiger partial charge < -0.3 is 5.11 Å². The van der Waals surface area contributed by atoms with Gasteiger partial charge in [0, 0.05) is 4.88 Å². The normalized spacial score (nSPS) is 13.6. The van der Waals surface area contributed by atoms with Gasteiger partial charge in [-0.15, -0.1) is 11.3 Å². The fraction of sp³-hybridized carbons (Fsp3) is 0.167. The maximum absolute atomic E-state index is 13.2. The van der Waals surface area contributed by atoms with Gasteiger partial charge >= 0.3 is 6.18 Å². The van der Waals surface area contributed by atoms with Crippen molar-refractivity contribution in [3.8, 4) is 0 Å². The molecule has 2 aromatic rings. The van der Waals surface area contributed by atoms with E-state index in [0.717, 1.165) is 12.1 Å². The molecule has 1 aromatic heterocycles. The molecule has 0 spiro atoms. The van der Waals surface area contributed by atoms with E-state index in [2.05, 4.69) is 0 Å². The number of hydrogen-bond donors (Lipinski definition) is 1. The standard InChI is InChI=1S/C12H8F4OS/c13-9-5-7(4-8(6-9)12(14,15)16)11(17)10-2-1-3-18-10/h1-6,11,17H. The van der Waals surface area contributed by atoms with Crippen LogP contribution in [0.5, 0.6) is 0 Å². The Morgan fingerprint density at radius 3 is 2.44 bits per heavy atom. The number of thiophene rings is 1. The van der Waals surface area contributed by atoms with Crippen molar-refractivity contribution in [3.05, 3.63) is 57.5 Å². The van der Waals surface area contributed by atoms with E-state index in [1.165, 1.54) is 11.3 Å². The molecular formula is C12H8F4OS. The van der Waals surface area contributed by atoms with Crippen LogP contribution >= 0.6 is 11.3 Å². The number of halogens is 4. The fourth-order valence-electron chi connectivity index (χ4n) is 1.54. The molecule has 0 saturated heterocycles. The molecule has 0 aliphatic carbocycles. The van der Waals surface area contributed by atoms with Crippen LogP contribution in [0.25, 0.3) is 0 Å². The Bertz CT molecular complexity index is 534. The first-order valence-electron chi connectivity index (χ1n) is 4.97. The molecule has 1 atom stereocenters. The van der Waals surface area contributed by atoms with Gasteiger partial charge in [0.2, 0.25) is 0 Å². The Kier molecular flexibility index (Phi) is 3.41. The zero-order chi connectivity index (χ0) is 13.3. The summed E-state index contributed by atoms with van der Waals surface area (Å²) in [5, 5.41) is 11.6. The third kappa shape index (κ3) is 2.70.